The number of esters is 1. The smallest absolute Gasteiger partial charge is 0.337 e. The van der Waals surface area contributed by atoms with Crippen molar-refractivity contribution in [1.29, 1.82) is 0 Å². The first-order valence-electron chi connectivity index (χ1n) is 9.30. The Bertz CT molecular complexity index is 1100. The molecule has 2 aromatic carbocycles. The highest BCUT2D eigenvalue weighted by atomic mass is 16.5. The van der Waals surface area contributed by atoms with E-state index >= 15 is 0 Å². The van der Waals surface area contributed by atoms with Crippen LogP contribution in [0.15, 0.2) is 54.6 Å². The summed E-state index contributed by atoms with van der Waals surface area (Å²) < 4.78 is 6.67. The number of nitrogens with zero attached hydrogens (tertiary/aromatic N) is 1. The number of Topliss-reactive ketones (excluding diaryl/α,β-unsaturated/α-hetero) is 1. The largest absolute Gasteiger partial charge is 0.478 e. The van der Waals surface area contributed by atoms with Crippen LogP contribution in [0.25, 0.3) is 5.69 Å². The zero-order valence-electron chi connectivity index (χ0n) is 16.9. The molecule has 1 heterocycles. The normalized spacial score (nSPS) is 10.5. The van der Waals surface area contributed by atoms with E-state index in [1.165, 1.54) is 19.2 Å². The van der Waals surface area contributed by atoms with E-state index < -0.39 is 11.9 Å². The van der Waals surface area contributed by atoms with Gasteiger partial charge in [-0.1, -0.05) is 0 Å². The topological polar surface area (TPSA) is 97.6 Å². The SMILES string of the molecule is COC(=O)c1ccc(-n2c(C)cc(C(=O)CNc3ccc(C(=O)O)cc3)c2C)cc1. The third kappa shape index (κ3) is 4.25. The van der Waals surface area contributed by atoms with Gasteiger partial charge in [0.25, 0.3) is 0 Å². The number of ether oxygens (including phenoxy) is 1. The third-order valence-corrected chi connectivity index (χ3v) is 4.86. The van der Waals surface area contributed by atoms with Gasteiger partial charge in [-0.25, -0.2) is 9.59 Å². The summed E-state index contributed by atoms with van der Waals surface area (Å²) in [6.45, 7) is 3.87. The van der Waals surface area contributed by atoms with Crippen molar-refractivity contribution in [1.82, 2.24) is 4.57 Å². The van der Waals surface area contributed by atoms with Crippen LogP contribution in [0.3, 0.4) is 0 Å². The summed E-state index contributed by atoms with van der Waals surface area (Å²) in [6.07, 6.45) is 0. The number of hydrogen-bond acceptors (Lipinski definition) is 5. The fourth-order valence-corrected chi connectivity index (χ4v) is 3.32. The van der Waals surface area contributed by atoms with Crippen molar-refractivity contribution in [2.45, 2.75) is 13.8 Å². The van der Waals surface area contributed by atoms with Crippen LogP contribution in [0.2, 0.25) is 0 Å². The van der Waals surface area contributed by atoms with Crippen LogP contribution in [-0.4, -0.2) is 41.1 Å². The number of nitrogens with one attached hydrogen (secondary N) is 1. The number of rotatable bonds is 7. The molecule has 0 unspecified atom stereocenters. The van der Waals surface area contributed by atoms with E-state index in [1.54, 1.807) is 24.3 Å². The summed E-state index contributed by atoms with van der Waals surface area (Å²) >= 11 is 0. The average molecular weight is 406 g/mol. The molecule has 0 saturated carbocycles. The van der Waals surface area contributed by atoms with Crippen LogP contribution >= 0.6 is 0 Å². The van der Waals surface area contributed by atoms with E-state index in [-0.39, 0.29) is 17.9 Å². The van der Waals surface area contributed by atoms with Gasteiger partial charge >= 0.3 is 11.9 Å². The minimum atomic E-state index is -0.996. The third-order valence-electron chi connectivity index (χ3n) is 4.86. The molecule has 3 rings (SSSR count). The standard InChI is InChI=1S/C23H22N2O5/c1-14-12-20(21(26)13-24-18-8-4-16(5-9-18)22(27)28)15(2)25(14)19-10-6-17(7-11-19)23(29)30-3/h4-12,24H,13H2,1-3H3,(H,27,28). The van der Waals surface area contributed by atoms with E-state index in [2.05, 4.69) is 5.32 Å². The molecule has 7 nitrogen and oxygen atoms in total. The van der Waals surface area contributed by atoms with Gasteiger partial charge in [0.2, 0.25) is 0 Å². The molecule has 0 saturated heterocycles. The van der Waals surface area contributed by atoms with Gasteiger partial charge < -0.3 is 19.7 Å². The van der Waals surface area contributed by atoms with Gasteiger partial charge in [-0.3, -0.25) is 4.79 Å². The highest BCUT2D eigenvalue weighted by molar-refractivity contribution is 6.00. The molecule has 0 atom stereocenters. The maximum Gasteiger partial charge on any atom is 0.337 e. The second kappa shape index (κ2) is 8.65. The molecule has 0 bridgehead atoms. The maximum atomic E-state index is 12.8. The predicted molar refractivity (Wildman–Crippen MR) is 113 cm³/mol. The maximum absolute atomic E-state index is 12.8. The molecule has 7 heteroatoms. The lowest BCUT2D eigenvalue weighted by Crippen LogP contribution is -2.15. The Morgan fingerprint density at radius 3 is 2.13 bits per heavy atom. The lowest BCUT2D eigenvalue weighted by atomic mass is 10.1. The Kier molecular flexibility index (Phi) is 6.01. The average Bonchev–Trinajstić information content (AvgIpc) is 3.05. The summed E-state index contributed by atoms with van der Waals surface area (Å²) in [4.78, 5) is 35.3. The molecule has 0 amide bonds. The van der Waals surface area contributed by atoms with Crippen LogP contribution in [0.4, 0.5) is 5.69 Å². The van der Waals surface area contributed by atoms with Gasteiger partial charge in [-0.15, -0.1) is 0 Å². The van der Waals surface area contributed by atoms with Crippen LogP contribution in [-0.2, 0) is 4.74 Å². The zero-order chi connectivity index (χ0) is 21.8. The number of carboxylic acids is 1. The Morgan fingerprint density at radius 1 is 0.967 bits per heavy atom. The molecule has 3 aromatic rings. The molecular weight excluding hydrogens is 384 g/mol. The minimum absolute atomic E-state index is 0.0807. The first kappa shape index (κ1) is 20.9. The second-order valence-electron chi connectivity index (χ2n) is 6.82. The van der Waals surface area contributed by atoms with Crippen molar-refractivity contribution in [2.75, 3.05) is 19.0 Å². The van der Waals surface area contributed by atoms with Crippen molar-refractivity contribution in [3.8, 4) is 5.69 Å². The highest BCUT2D eigenvalue weighted by Gasteiger charge is 2.17. The number of carboxylic acid groups (broad SMARTS) is 1. The van der Waals surface area contributed by atoms with Crippen molar-refractivity contribution in [3.05, 3.63) is 82.7 Å². The monoisotopic (exact) mass is 406 g/mol. The second-order valence-corrected chi connectivity index (χ2v) is 6.82. The van der Waals surface area contributed by atoms with Gasteiger partial charge in [0.15, 0.2) is 5.78 Å². The Hall–Kier alpha value is -3.87. The number of aromatic carboxylic acids is 1. The summed E-state index contributed by atoms with van der Waals surface area (Å²) in [7, 11) is 1.34. The quantitative estimate of drug-likeness (QED) is 0.457. The van der Waals surface area contributed by atoms with Crippen molar-refractivity contribution in [3.63, 3.8) is 0 Å². The number of ketones is 1. The van der Waals surface area contributed by atoms with Crippen LogP contribution in [0, 0.1) is 13.8 Å². The number of carbonyl (C=O) groups excluding carboxylic acids is 2. The molecule has 2 N–H and O–H groups in total. The number of aromatic nitrogens is 1. The zero-order valence-corrected chi connectivity index (χ0v) is 16.9. The number of hydrogen-bond donors (Lipinski definition) is 2. The minimum Gasteiger partial charge on any atom is -0.478 e. The van der Waals surface area contributed by atoms with Gasteiger partial charge in [0.05, 0.1) is 24.8 Å². The molecule has 30 heavy (non-hydrogen) atoms. The fraction of sp³-hybridized carbons (Fsp3) is 0.174. The summed E-state index contributed by atoms with van der Waals surface area (Å²) in [5.41, 5.74) is 4.44. The molecular formula is C23H22N2O5. The van der Waals surface area contributed by atoms with E-state index in [0.29, 0.717) is 16.8 Å². The van der Waals surface area contributed by atoms with E-state index in [1.807, 2.05) is 36.6 Å². The first-order valence-corrected chi connectivity index (χ1v) is 9.30. The molecule has 1 aromatic heterocycles. The van der Waals surface area contributed by atoms with E-state index in [0.717, 1.165) is 17.1 Å². The Labute approximate surface area is 173 Å². The number of aryl methyl sites for hydroxylation is 1. The number of methoxy groups -OCH3 is 1. The van der Waals surface area contributed by atoms with Crippen molar-refractivity contribution < 1.29 is 24.2 Å². The summed E-state index contributed by atoms with van der Waals surface area (Å²) in [5, 5.41) is 12.0. The van der Waals surface area contributed by atoms with Gasteiger partial charge in [-0.05, 0) is 68.4 Å². The lowest BCUT2D eigenvalue weighted by molar-refractivity contribution is 0.0599. The Morgan fingerprint density at radius 2 is 1.57 bits per heavy atom. The van der Waals surface area contributed by atoms with Gasteiger partial charge in [-0.2, -0.15) is 0 Å². The van der Waals surface area contributed by atoms with Crippen molar-refractivity contribution >= 4 is 23.4 Å². The fourth-order valence-electron chi connectivity index (χ4n) is 3.32. The molecule has 0 spiro atoms. The molecule has 0 aliphatic heterocycles. The molecule has 0 aliphatic carbocycles. The first-order chi connectivity index (χ1) is 14.3. The summed E-state index contributed by atoms with van der Waals surface area (Å²) in [6, 6.07) is 15.0. The van der Waals surface area contributed by atoms with Crippen molar-refractivity contribution in [2.24, 2.45) is 0 Å². The predicted octanol–water partition coefficient (Wildman–Crippen LogP) is 3.87. The van der Waals surface area contributed by atoms with Gasteiger partial charge in [0, 0.05) is 28.3 Å². The number of benzene rings is 2. The van der Waals surface area contributed by atoms with Crippen LogP contribution in [0.1, 0.15) is 42.5 Å². The van der Waals surface area contributed by atoms with E-state index in [9.17, 15) is 14.4 Å². The number of carbonyl (C=O) groups is 3. The van der Waals surface area contributed by atoms with Gasteiger partial charge in [0.1, 0.15) is 0 Å². The molecule has 154 valence electrons. The molecule has 0 fully saturated rings. The van der Waals surface area contributed by atoms with E-state index in [4.69, 9.17) is 9.84 Å². The summed E-state index contributed by atoms with van der Waals surface area (Å²) in [5.74, 6) is -1.48. The molecule has 0 radical (unpaired) electrons. The molecule has 0 aliphatic rings. The number of anilines is 1. The van der Waals surface area contributed by atoms with Crippen LogP contribution < -0.4 is 5.32 Å². The lowest BCUT2D eigenvalue weighted by Gasteiger charge is -2.11. The Balaban J connectivity index is 1.76. The highest BCUT2D eigenvalue weighted by Crippen LogP contribution is 2.22. The van der Waals surface area contributed by atoms with Crippen LogP contribution in [0.5, 0.6) is 0 Å².